The number of amides is 1. The smallest absolute Gasteiger partial charge is 0.261 e. The Bertz CT molecular complexity index is 622. The number of aryl methyl sites for hydroxylation is 2. The van der Waals surface area contributed by atoms with Crippen LogP contribution in [0.4, 0.5) is 0 Å². The Morgan fingerprint density at radius 3 is 2.33 bits per heavy atom. The maximum Gasteiger partial charge on any atom is 0.261 e. The van der Waals surface area contributed by atoms with Crippen molar-refractivity contribution in [2.24, 2.45) is 0 Å². The zero-order valence-electron chi connectivity index (χ0n) is 12.7. The third-order valence-corrected chi connectivity index (χ3v) is 3.48. The van der Waals surface area contributed by atoms with Crippen molar-refractivity contribution in [3.8, 4) is 5.75 Å². The van der Waals surface area contributed by atoms with Crippen LogP contribution in [0, 0.1) is 13.8 Å². The molecule has 0 radical (unpaired) electrons. The van der Waals surface area contributed by atoms with Crippen molar-refractivity contribution in [3.63, 3.8) is 0 Å². The third-order valence-electron chi connectivity index (χ3n) is 3.48. The van der Waals surface area contributed by atoms with E-state index < -0.39 is 6.10 Å². The molecule has 0 spiro atoms. The van der Waals surface area contributed by atoms with Crippen molar-refractivity contribution >= 4 is 5.91 Å². The second-order valence-electron chi connectivity index (χ2n) is 5.17. The molecule has 0 heterocycles. The lowest BCUT2D eigenvalue weighted by atomic mass is 10.1. The maximum absolute atomic E-state index is 12.1. The maximum atomic E-state index is 12.1. The van der Waals surface area contributed by atoms with E-state index >= 15 is 0 Å². The van der Waals surface area contributed by atoms with Gasteiger partial charge in [0.15, 0.2) is 6.10 Å². The molecule has 0 saturated carbocycles. The Kier molecular flexibility index (Phi) is 4.99. The van der Waals surface area contributed by atoms with Gasteiger partial charge in [0.2, 0.25) is 0 Å². The summed E-state index contributed by atoms with van der Waals surface area (Å²) in [5.41, 5.74) is 3.32. The molecule has 0 fully saturated rings. The lowest BCUT2D eigenvalue weighted by molar-refractivity contribution is -0.127. The summed E-state index contributed by atoms with van der Waals surface area (Å²) in [5.74, 6) is 0.637. The molecule has 0 aliphatic carbocycles. The molecule has 2 rings (SSSR count). The van der Waals surface area contributed by atoms with Crippen LogP contribution in [0.25, 0.3) is 0 Å². The zero-order valence-corrected chi connectivity index (χ0v) is 12.7. The molecule has 1 amide bonds. The summed E-state index contributed by atoms with van der Waals surface area (Å²) in [7, 11) is 0. The highest BCUT2D eigenvalue weighted by atomic mass is 16.5. The van der Waals surface area contributed by atoms with Crippen LogP contribution >= 0.6 is 0 Å². The molecule has 0 bridgehead atoms. The van der Waals surface area contributed by atoms with E-state index in [1.807, 2.05) is 62.4 Å². The Labute approximate surface area is 126 Å². The van der Waals surface area contributed by atoms with Gasteiger partial charge in [-0.05, 0) is 43.5 Å². The summed E-state index contributed by atoms with van der Waals surface area (Å²) < 4.78 is 5.71. The van der Waals surface area contributed by atoms with Gasteiger partial charge in [0.25, 0.3) is 5.91 Å². The topological polar surface area (TPSA) is 38.3 Å². The SMILES string of the molecule is Cc1ccccc1CNC(=O)[C@@H](C)Oc1ccccc1C. The van der Waals surface area contributed by atoms with Gasteiger partial charge in [-0.15, -0.1) is 0 Å². The predicted molar refractivity (Wildman–Crippen MR) is 84.3 cm³/mol. The van der Waals surface area contributed by atoms with Gasteiger partial charge in [-0.1, -0.05) is 42.5 Å². The third kappa shape index (κ3) is 4.09. The molecule has 0 aliphatic heterocycles. The van der Waals surface area contributed by atoms with E-state index in [1.54, 1.807) is 6.92 Å². The van der Waals surface area contributed by atoms with Crippen LogP contribution in [0.3, 0.4) is 0 Å². The normalized spacial score (nSPS) is 11.8. The first-order valence-electron chi connectivity index (χ1n) is 7.12. The molecule has 1 atom stereocenters. The molecule has 2 aromatic carbocycles. The second kappa shape index (κ2) is 6.93. The van der Waals surface area contributed by atoms with E-state index in [9.17, 15) is 4.79 Å². The lowest BCUT2D eigenvalue weighted by Crippen LogP contribution is -2.36. The van der Waals surface area contributed by atoms with Gasteiger partial charge in [0.05, 0.1) is 0 Å². The highest BCUT2D eigenvalue weighted by Crippen LogP contribution is 2.17. The number of benzene rings is 2. The Balaban J connectivity index is 1.91. The average Bonchev–Trinajstić information content (AvgIpc) is 2.48. The van der Waals surface area contributed by atoms with Gasteiger partial charge in [-0.2, -0.15) is 0 Å². The van der Waals surface area contributed by atoms with Crippen LogP contribution in [0.15, 0.2) is 48.5 Å². The minimum absolute atomic E-state index is 0.110. The van der Waals surface area contributed by atoms with Crippen molar-refractivity contribution in [3.05, 3.63) is 65.2 Å². The highest BCUT2D eigenvalue weighted by molar-refractivity contribution is 5.80. The van der Waals surface area contributed by atoms with E-state index in [4.69, 9.17) is 4.74 Å². The first kappa shape index (κ1) is 15.1. The second-order valence-corrected chi connectivity index (χ2v) is 5.17. The van der Waals surface area contributed by atoms with Crippen LogP contribution in [0.2, 0.25) is 0 Å². The fraction of sp³-hybridized carbons (Fsp3) is 0.278. The quantitative estimate of drug-likeness (QED) is 0.913. The van der Waals surface area contributed by atoms with Crippen molar-refractivity contribution in [1.82, 2.24) is 5.32 Å². The van der Waals surface area contributed by atoms with Gasteiger partial charge in [-0.3, -0.25) is 4.79 Å². The van der Waals surface area contributed by atoms with Gasteiger partial charge in [-0.25, -0.2) is 0 Å². The van der Waals surface area contributed by atoms with Crippen LogP contribution < -0.4 is 10.1 Å². The minimum Gasteiger partial charge on any atom is -0.481 e. The summed E-state index contributed by atoms with van der Waals surface area (Å²) >= 11 is 0. The van der Waals surface area contributed by atoms with Crippen LogP contribution in [-0.2, 0) is 11.3 Å². The molecule has 0 saturated heterocycles. The van der Waals surface area contributed by atoms with Gasteiger partial charge in [0, 0.05) is 6.54 Å². The Morgan fingerprint density at radius 1 is 1.05 bits per heavy atom. The number of nitrogens with one attached hydrogen (secondary N) is 1. The molecule has 0 aliphatic rings. The Morgan fingerprint density at radius 2 is 1.67 bits per heavy atom. The van der Waals surface area contributed by atoms with Crippen LogP contribution in [0.5, 0.6) is 5.75 Å². The molecular weight excluding hydrogens is 262 g/mol. The summed E-state index contributed by atoms with van der Waals surface area (Å²) in [5, 5.41) is 2.92. The van der Waals surface area contributed by atoms with Crippen molar-refractivity contribution < 1.29 is 9.53 Å². The number of ether oxygens (including phenoxy) is 1. The van der Waals surface area contributed by atoms with E-state index in [2.05, 4.69) is 5.32 Å². The molecule has 0 unspecified atom stereocenters. The first-order chi connectivity index (χ1) is 10.1. The fourth-order valence-electron chi connectivity index (χ4n) is 2.07. The Hall–Kier alpha value is -2.29. The van der Waals surface area contributed by atoms with Crippen molar-refractivity contribution in [2.75, 3.05) is 0 Å². The summed E-state index contributed by atoms with van der Waals surface area (Å²) in [6.07, 6.45) is -0.518. The lowest BCUT2D eigenvalue weighted by Gasteiger charge is -2.16. The number of rotatable bonds is 5. The van der Waals surface area contributed by atoms with E-state index in [0.717, 1.165) is 16.9 Å². The average molecular weight is 283 g/mol. The molecule has 0 aromatic heterocycles. The fourth-order valence-corrected chi connectivity index (χ4v) is 2.07. The largest absolute Gasteiger partial charge is 0.481 e. The van der Waals surface area contributed by atoms with Crippen molar-refractivity contribution in [1.29, 1.82) is 0 Å². The van der Waals surface area contributed by atoms with E-state index in [0.29, 0.717) is 6.54 Å². The summed E-state index contributed by atoms with van der Waals surface area (Å²) in [6, 6.07) is 15.7. The molecule has 3 heteroatoms. The standard InChI is InChI=1S/C18H21NO2/c1-13-8-4-6-10-16(13)12-19-18(20)15(3)21-17-11-7-5-9-14(17)2/h4-11,15H,12H2,1-3H3,(H,19,20)/t15-/m1/s1. The number of para-hydroxylation sites is 1. The first-order valence-corrected chi connectivity index (χ1v) is 7.12. The zero-order chi connectivity index (χ0) is 15.2. The number of carbonyl (C=O) groups excluding carboxylic acids is 1. The number of carbonyl (C=O) groups is 1. The molecule has 1 N–H and O–H groups in total. The van der Waals surface area contributed by atoms with Crippen molar-refractivity contribution in [2.45, 2.75) is 33.4 Å². The summed E-state index contributed by atoms with van der Waals surface area (Å²) in [4.78, 5) is 12.1. The molecule has 21 heavy (non-hydrogen) atoms. The monoisotopic (exact) mass is 283 g/mol. The predicted octanol–water partition coefficient (Wildman–Crippen LogP) is 3.39. The molecule has 110 valence electrons. The molecule has 2 aromatic rings. The number of hydrogen-bond acceptors (Lipinski definition) is 2. The minimum atomic E-state index is -0.518. The molecule has 3 nitrogen and oxygen atoms in total. The van der Waals surface area contributed by atoms with E-state index in [-0.39, 0.29) is 5.91 Å². The number of hydrogen-bond donors (Lipinski definition) is 1. The molecular formula is C18H21NO2. The highest BCUT2D eigenvalue weighted by Gasteiger charge is 2.15. The van der Waals surface area contributed by atoms with Gasteiger partial charge >= 0.3 is 0 Å². The van der Waals surface area contributed by atoms with Crippen LogP contribution in [0.1, 0.15) is 23.6 Å². The van der Waals surface area contributed by atoms with E-state index in [1.165, 1.54) is 5.56 Å². The van der Waals surface area contributed by atoms with Gasteiger partial charge < -0.3 is 10.1 Å². The van der Waals surface area contributed by atoms with Crippen LogP contribution in [-0.4, -0.2) is 12.0 Å². The summed E-state index contributed by atoms with van der Waals surface area (Å²) in [6.45, 7) is 6.29. The van der Waals surface area contributed by atoms with Gasteiger partial charge in [0.1, 0.15) is 5.75 Å².